The quantitative estimate of drug-likeness (QED) is 0.683. The SMILES string of the molecule is CCC1CC(Cc2cc(F)cc(C(F)(F)F)c2)C1. The minimum absolute atomic E-state index is 0.415. The van der Waals surface area contributed by atoms with E-state index in [1.165, 1.54) is 6.07 Å². The summed E-state index contributed by atoms with van der Waals surface area (Å²) in [5.41, 5.74) is -0.425. The van der Waals surface area contributed by atoms with Gasteiger partial charge in [-0.1, -0.05) is 13.3 Å². The molecule has 100 valence electrons. The lowest BCUT2D eigenvalue weighted by atomic mass is 9.71. The molecule has 1 saturated carbocycles. The van der Waals surface area contributed by atoms with Crippen LogP contribution in [0.5, 0.6) is 0 Å². The summed E-state index contributed by atoms with van der Waals surface area (Å²) in [7, 11) is 0. The van der Waals surface area contributed by atoms with Crippen molar-refractivity contribution in [3.63, 3.8) is 0 Å². The Kier molecular flexibility index (Phi) is 3.64. The molecule has 0 radical (unpaired) electrons. The highest BCUT2D eigenvalue weighted by Crippen LogP contribution is 2.39. The van der Waals surface area contributed by atoms with Gasteiger partial charge in [0.15, 0.2) is 0 Å². The molecule has 4 heteroatoms. The number of halogens is 4. The van der Waals surface area contributed by atoms with Gasteiger partial charge in [0.1, 0.15) is 5.82 Å². The number of benzene rings is 1. The first-order valence-electron chi connectivity index (χ1n) is 6.25. The first-order valence-corrected chi connectivity index (χ1v) is 6.25. The highest BCUT2D eigenvalue weighted by atomic mass is 19.4. The Labute approximate surface area is 104 Å². The average Bonchev–Trinajstić information content (AvgIpc) is 2.20. The van der Waals surface area contributed by atoms with Gasteiger partial charge in [0.2, 0.25) is 0 Å². The zero-order chi connectivity index (χ0) is 13.3. The first-order chi connectivity index (χ1) is 8.38. The second-order valence-corrected chi connectivity index (χ2v) is 5.16. The molecule has 0 unspecified atom stereocenters. The topological polar surface area (TPSA) is 0 Å². The molecule has 0 bridgehead atoms. The lowest BCUT2D eigenvalue weighted by molar-refractivity contribution is -0.137. The summed E-state index contributed by atoms with van der Waals surface area (Å²) in [6.07, 6.45) is -0.698. The largest absolute Gasteiger partial charge is 0.416 e. The van der Waals surface area contributed by atoms with Gasteiger partial charge in [-0.3, -0.25) is 0 Å². The average molecular weight is 260 g/mol. The normalized spacial score (nSPS) is 23.8. The van der Waals surface area contributed by atoms with E-state index in [-0.39, 0.29) is 0 Å². The third-order valence-corrected chi connectivity index (χ3v) is 3.72. The summed E-state index contributed by atoms with van der Waals surface area (Å²) < 4.78 is 50.8. The number of hydrogen-bond acceptors (Lipinski definition) is 0. The van der Waals surface area contributed by atoms with Crippen LogP contribution in [0.15, 0.2) is 18.2 Å². The summed E-state index contributed by atoms with van der Waals surface area (Å²) in [5.74, 6) is 0.315. The van der Waals surface area contributed by atoms with Gasteiger partial charge in [-0.25, -0.2) is 4.39 Å². The molecule has 1 aliphatic rings. The molecule has 0 heterocycles. The van der Waals surface area contributed by atoms with Crippen molar-refractivity contribution in [2.24, 2.45) is 11.8 Å². The van der Waals surface area contributed by atoms with Crippen LogP contribution in [0, 0.1) is 17.7 Å². The van der Waals surface area contributed by atoms with Crippen molar-refractivity contribution in [2.45, 2.75) is 38.8 Å². The lowest BCUT2D eigenvalue weighted by Gasteiger charge is -2.35. The van der Waals surface area contributed by atoms with Crippen molar-refractivity contribution in [2.75, 3.05) is 0 Å². The van der Waals surface area contributed by atoms with Gasteiger partial charge in [0, 0.05) is 0 Å². The van der Waals surface area contributed by atoms with Gasteiger partial charge in [0.25, 0.3) is 0 Å². The molecule has 0 atom stereocenters. The van der Waals surface area contributed by atoms with Crippen LogP contribution in [0.2, 0.25) is 0 Å². The van der Waals surface area contributed by atoms with Gasteiger partial charge >= 0.3 is 6.18 Å². The summed E-state index contributed by atoms with van der Waals surface area (Å²) in [5, 5.41) is 0. The van der Waals surface area contributed by atoms with E-state index in [0.717, 1.165) is 25.3 Å². The standard InChI is InChI=1S/C14H16F4/c1-2-9-3-10(4-9)5-11-6-12(14(16,17)18)8-13(15)7-11/h6-10H,2-5H2,1H3. The Balaban J connectivity index is 2.07. The Bertz CT molecular complexity index is 416. The Morgan fingerprint density at radius 3 is 2.33 bits per heavy atom. The Hall–Kier alpha value is -1.06. The van der Waals surface area contributed by atoms with Crippen molar-refractivity contribution >= 4 is 0 Å². The van der Waals surface area contributed by atoms with E-state index < -0.39 is 17.6 Å². The highest BCUT2D eigenvalue weighted by Gasteiger charge is 2.32. The minimum Gasteiger partial charge on any atom is -0.207 e. The molecule has 0 nitrogen and oxygen atoms in total. The monoisotopic (exact) mass is 260 g/mol. The molecule has 1 aliphatic carbocycles. The number of hydrogen-bond donors (Lipinski definition) is 0. The van der Waals surface area contributed by atoms with E-state index in [2.05, 4.69) is 6.92 Å². The molecular weight excluding hydrogens is 244 g/mol. The fraction of sp³-hybridized carbons (Fsp3) is 0.571. The molecule has 0 saturated heterocycles. The predicted octanol–water partition coefficient (Wildman–Crippen LogP) is 4.82. The van der Waals surface area contributed by atoms with Gasteiger partial charge in [-0.05, 0) is 54.9 Å². The van der Waals surface area contributed by atoms with E-state index in [0.29, 0.717) is 29.9 Å². The molecule has 0 aliphatic heterocycles. The van der Waals surface area contributed by atoms with Gasteiger partial charge in [0.05, 0.1) is 5.56 Å². The van der Waals surface area contributed by atoms with E-state index in [9.17, 15) is 17.6 Å². The Morgan fingerprint density at radius 1 is 1.11 bits per heavy atom. The van der Waals surface area contributed by atoms with Crippen LogP contribution in [0.1, 0.15) is 37.3 Å². The molecular formula is C14H16F4. The maximum absolute atomic E-state index is 13.2. The second kappa shape index (κ2) is 4.90. The van der Waals surface area contributed by atoms with E-state index in [1.807, 2.05) is 0 Å². The van der Waals surface area contributed by atoms with Crippen molar-refractivity contribution in [3.8, 4) is 0 Å². The summed E-state index contributed by atoms with van der Waals surface area (Å²) in [6.45, 7) is 2.12. The molecule has 0 spiro atoms. The predicted molar refractivity (Wildman–Crippen MR) is 61.6 cm³/mol. The summed E-state index contributed by atoms with van der Waals surface area (Å²) in [4.78, 5) is 0. The third kappa shape index (κ3) is 3.03. The highest BCUT2D eigenvalue weighted by molar-refractivity contribution is 5.27. The van der Waals surface area contributed by atoms with Gasteiger partial charge < -0.3 is 0 Å². The van der Waals surface area contributed by atoms with Gasteiger partial charge in [-0.15, -0.1) is 0 Å². The van der Waals surface area contributed by atoms with Crippen LogP contribution in [0.3, 0.4) is 0 Å². The zero-order valence-corrected chi connectivity index (χ0v) is 10.2. The van der Waals surface area contributed by atoms with Crippen LogP contribution in [-0.4, -0.2) is 0 Å². The van der Waals surface area contributed by atoms with Crippen molar-refractivity contribution < 1.29 is 17.6 Å². The maximum atomic E-state index is 13.2. The molecule has 0 amide bonds. The fourth-order valence-electron chi connectivity index (χ4n) is 2.64. The molecule has 1 aromatic rings. The van der Waals surface area contributed by atoms with Crippen LogP contribution in [0.4, 0.5) is 17.6 Å². The molecule has 18 heavy (non-hydrogen) atoms. The van der Waals surface area contributed by atoms with Crippen molar-refractivity contribution in [3.05, 3.63) is 35.1 Å². The van der Waals surface area contributed by atoms with E-state index >= 15 is 0 Å². The molecule has 1 fully saturated rings. The summed E-state index contributed by atoms with van der Waals surface area (Å²) >= 11 is 0. The third-order valence-electron chi connectivity index (χ3n) is 3.72. The zero-order valence-electron chi connectivity index (χ0n) is 10.2. The van der Waals surface area contributed by atoms with Crippen LogP contribution < -0.4 is 0 Å². The number of alkyl halides is 3. The van der Waals surface area contributed by atoms with Crippen LogP contribution in [0.25, 0.3) is 0 Å². The molecule has 0 N–H and O–H groups in total. The molecule has 0 aromatic heterocycles. The van der Waals surface area contributed by atoms with Crippen molar-refractivity contribution in [1.82, 2.24) is 0 Å². The van der Waals surface area contributed by atoms with Crippen LogP contribution in [-0.2, 0) is 12.6 Å². The van der Waals surface area contributed by atoms with E-state index in [1.54, 1.807) is 0 Å². The number of rotatable bonds is 3. The lowest BCUT2D eigenvalue weighted by Crippen LogP contribution is -2.24. The van der Waals surface area contributed by atoms with E-state index in [4.69, 9.17) is 0 Å². The van der Waals surface area contributed by atoms with Gasteiger partial charge in [-0.2, -0.15) is 13.2 Å². The second-order valence-electron chi connectivity index (χ2n) is 5.16. The summed E-state index contributed by atoms with van der Waals surface area (Å²) in [6, 6.07) is 2.84. The minimum atomic E-state index is -4.47. The molecule has 2 rings (SSSR count). The first kappa shape index (κ1) is 13.4. The fourth-order valence-corrected chi connectivity index (χ4v) is 2.64. The van der Waals surface area contributed by atoms with Crippen LogP contribution >= 0.6 is 0 Å². The Morgan fingerprint density at radius 2 is 1.78 bits per heavy atom. The smallest absolute Gasteiger partial charge is 0.207 e. The van der Waals surface area contributed by atoms with Crippen molar-refractivity contribution in [1.29, 1.82) is 0 Å². The molecule has 1 aromatic carbocycles. The maximum Gasteiger partial charge on any atom is 0.416 e.